The van der Waals surface area contributed by atoms with Crippen LogP contribution in [-0.2, 0) is 0 Å². The number of nitrogens with two attached hydrogens (primary N) is 1. The van der Waals surface area contributed by atoms with E-state index in [1.54, 1.807) is 19.1 Å². The number of rotatable bonds is 3. The highest BCUT2D eigenvalue weighted by Gasteiger charge is 2.05. The number of phenols is 1. The molecule has 4 heteroatoms. The summed E-state index contributed by atoms with van der Waals surface area (Å²) in [4.78, 5) is 11.4. The van der Waals surface area contributed by atoms with E-state index in [0.29, 0.717) is 24.2 Å². The molecule has 4 N–H and O–H groups in total. The SMILES string of the molecule is Cc1cc(C(=O)NCCN)ccc1O. The third kappa shape index (κ3) is 2.47. The summed E-state index contributed by atoms with van der Waals surface area (Å²) in [5.74, 6) is 0.0268. The topological polar surface area (TPSA) is 75.4 Å². The van der Waals surface area contributed by atoms with Crippen molar-refractivity contribution in [3.05, 3.63) is 29.3 Å². The number of amides is 1. The molecule has 0 heterocycles. The van der Waals surface area contributed by atoms with Crippen molar-refractivity contribution in [2.24, 2.45) is 5.73 Å². The Morgan fingerprint density at radius 3 is 2.86 bits per heavy atom. The van der Waals surface area contributed by atoms with Crippen LogP contribution in [0.25, 0.3) is 0 Å². The molecule has 0 atom stereocenters. The number of benzene rings is 1. The lowest BCUT2D eigenvalue weighted by Crippen LogP contribution is -2.28. The average Bonchev–Trinajstić information content (AvgIpc) is 2.18. The van der Waals surface area contributed by atoms with Crippen LogP contribution >= 0.6 is 0 Å². The van der Waals surface area contributed by atoms with Gasteiger partial charge in [0.2, 0.25) is 0 Å². The van der Waals surface area contributed by atoms with Crippen molar-refractivity contribution in [2.75, 3.05) is 13.1 Å². The number of phenolic OH excluding ortho intramolecular Hbond substituents is 1. The van der Waals surface area contributed by atoms with Crippen molar-refractivity contribution in [3.8, 4) is 5.75 Å². The predicted octanol–water partition coefficient (Wildman–Crippen LogP) is 0.389. The lowest BCUT2D eigenvalue weighted by molar-refractivity contribution is 0.0954. The fourth-order valence-electron chi connectivity index (χ4n) is 1.08. The summed E-state index contributed by atoms with van der Waals surface area (Å²) < 4.78 is 0. The van der Waals surface area contributed by atoms with E-state index in [1.165, 1.54) is 6.07 Å². The van der Waals surface area contributed by atoms with Crippen LogP contribution in [0.1, 0.15) is 15.9 Å². The summed E-state index contributed by atoms with van der Waals surface area (Å²) in [5, 5.41) is 11.9. The van der Waals surface area contributed by atoms with Crippen LogP contribution < -0.4 is 11.1 Å². The maximum absolute atomic E-state index is 11.4. The first-order chi connectivity index (χ1) is 6.65. The van der Waals surface area contributed by atoms with Gasteiger partial charge in [-0.3, -0.25) is 4.79 Å². The summed E-state index contributed by atoms with van der Waals surface area (Å²) in [6.45, 7) is 2.62. The molecule has 0 unspecified atom stereocenters. The Morgan fingerprint density at radius 2 is 2.29 bits per heavy atom. The predicted molar refractivity (Wildman–Crippen MR) is 54.2 cm³/mol. The lowest BCUT2D eigenvalue weighted by Gasteiger charge is -2.05. The number of hydrogen-bond acceptors (Lipinski definition) is 3. The molecule has 0 aliphatic carbocycles. The second-order valence-corrected chi connectivity index (χ2v) is 3.05. The summed E-state index contributed by atoms with van der Waals surface area (Å²) >= 11 is 0. The Labute approximate surface area is 82.7 Å². The Hall–Kier alpha value is -1.55. The van der Waals surface area contributed by atoms with Crippen LogP contribution in [0.3, 0.4) is 0 Å². The highest BCUT2D eigenvalue weighted by molar-refractivity contribution is 5.94. The molecule has 4 nitrogen and oxygen atoms in total. The van der Waals surface area contributed by atoms with Gasteiger partial charge in [0.05, 0.1) is 0 Å². The number of carbonyl (C=O) groups excluding carboxylic acids is 1. The van der Waals surface area contributed by atoms with E-state index in [0.717, 1.165) is 0 Å². The van der Waals surface area contributed by atoms with Crippen molar-refractivity contribution >= 4 is 5.91 Å². The first-order valence-corrected chi connectivity index (χ1v) is 4.43. The maximum Gasteiger partial charge on any atom is 0.251 e. The van der Waals surface area contributed by atoms with Crippen LogP contribution in [0.15, 0.2) is 18.2 Å². The molecule has 1 amide bonds. The molecular formula is C10H14N2O2. The molecule has 0 aliphatic rings. The summed E-state index contributed by atoms with van der Waals surface area (Å²) in [7, 11) is 0. The Bertz CT molecular complexity index is 337. The number of nitrogens with one attached hydrogen (secondary N) is 1. The number of hydrogen-bond donors (Lipinski definition) is 3. The molecule has 14 heavy (non-hydrogen) atoms. The molecule has 1 rings (SSSR count). The van der Waals surface area contributed by atoms with Gasteiger partial charge in [0, 0.05) is 18.7 Å². The molecule has 76 valence electrons. The maximum atomic E-state index is 11.4. The molecule has 0 fully saturated rings. The minimum absolute atomic E-state index is 0.168. The zero-order valence-corrected chi connectivity index (χ0v) is 8.08. The summed E-state index contributed by atoms with van der Waals surface area (Å²) in [6, 6.07) is 4.72. The minimum Gasteiger partial charge on any atom is -0.508 e. The van der Waals surface area contributed by atoms with Crippen molar-refractivity contribution in [1.29, 1.82) is 0 Å². The van der Waals surface area contributed by atoms with Crippen LogP contribution in [0.2, 0.25) is 0 Å². The van der Waals surface area contributed by atoms with Gasteiger partial charge in [0.1, 0.15) is 5.75 Å². The number of carbonyl (C=O) groups is 1. The van der Waals surface area contributed by atoms with Crippen LogP contribution in [0.5, 0.6) is 5.75 Å². The van der Waals surface area contributed by atoms with Gasteiger partial charge in [-0.05, 0) is 30.7 Å². The smallest absolute Gasteiger partial charge is 0.251 e. The third-order valence-corrected chi connectivity index (χ3v) is 1.89. The van der Waals surface area contributed by atoms with Crippen molar-refractivity contribution in [2.45, 2.75) is 6.92 Å². The first kappa shape index (κ1) is 10.5. The van der Waals surface area contributed by atoms with Gasteiger partial charge in [0.15, 0.2) is 0 Å². The molecule has 0 saturated carbocycles. The van der Waals surface area contributed by atoms with Crippen LogP contribution in [0.4, 0.5) is 0 Å². The zero-order chi connectivity index (χ0) is 10.6. The molecule has 1 aromatic carbocycles. The summed E-state index contributed by atoms with van der Waals surface area (Å²) in [6.07, 6.45) is 0. The average molecular weight is 194 g/mol. The zero-order valence-electron chi connectivity index (χ0n) is 8.08. The quantitative estimate of drug-likeness (QED) is 0.651. The van der Waals surface area contributed by atoms with Crippen LogP contribution in [0, 0.1) is 6.92 Å². The molecule has 0 saturated heterocycles. The molecular weight excluding hydrogens is 180 g/mol. The van der Waals surface area contributed by atoms with Gasteiger partial charge in [-0.2, -0.15) is 0 Å². The molecule has 0 aliphatic heterocycles. The van der Waals surface area contributed by atoms with Crippen molar-refractivity contribution in [3.63, 3.8) is 0 Å². The van der Waals surface area contributed by atoms with Crippen molar-refractivity contribution in [1.82, 2.24) is 5.32 Å². The Morgan fingerprint density at radius 1 is 1.57 bits per heavy atom. The highest BCUT2D eigenvalue weighted by atomic mass is 16.3. The Kier molecular flexibility index (Phi) is 3.48. The fraction of sp³-hybridized carbons (Fsp3) is 0.300. The lowest BCUT2D eigenvalue weighted by atomic mass is 10.1. The van der Waals surface area contributed by atoms with E-state index in [9.17, 15) is 9.90 Å². The van der Waals surface area contributed by atoms with E-state index < -0.39 is 0 Å². The van der Waals surface area contributed by atoms with Gasteiger partial charge >= 0.3 is 0 Å². The highest BCUT2D eigenvalue weighted by Crippen LogP contribution is 2.16. The van der Waals surface area contributed by atoms with Gasteiger partial charge in [-0.15, -0.1) is 0 Å². The van der Waals surface area contributed by atoms with Gasteiger partial charge in [-0.25, -0.2) is 0 Å². The minimum atomic E-state index is -0.168. The normalized spacial score (nSPS) is 9.86. The monoisotopic (exact) mass is 194 g/mol. The van der Waals surface area contributed by atoms with E-state index in [2.05, 4.69) is 5.32 Å². The van der Waals surface area contributed by atoms with Gasteiger partial charge in [0.25, 0.3) is 5.91 Å². The fourth-order valence-corrected chi connectivity index (χ4v) is 1.08. The molecule has 0 aromatic heterocycles. The standard InChI is InChI=1S/C10H14N2O2/c1-7-6-8(2-3-9(7)13)10(14)12-5-4-11/h2-3,6,13H,4-5,11H2,1H3,(H,12,14). The van der Waals surface area contributed by atoms with E-state index >= 15 is 0 Å². The number of aromatic hydroxyl groups is 1. The molecule has 1 aromatic rings. The molecule has 0 bridgehead atoms. The van der Waals surface area contributed by atoms with E-state index in [1.807, 2.05) is 0 Å². The second-order valence-electron chi connectivity index (χ2n) is 3.05. The van der Waals surface area contributed by atoms with Gasteiger partial charge in [-0.1, -0.05) is 0 Å². The second kappa shape index (κ2) is 4.62. The van der Waals surface area contributed by atoms with Gasteiger partial charge < -0.3 is 16.2 Å². The Balaban J connectivity index is 2.76. The largest absolute Gasteiger partial charge is 0.508 e. The molecule has 0 spiro atoms. The summed E-state index contributed by atoms with van der Waals surface area (Å²) in [5.41, 5.74) is 6.48. The van der Waals surface area contributed by atoms with E-state index in [4.69, 9.17) is 5.73 Å². The third-order valence-electron chi connectivity index (χ3n) is 1.89. The van der Waals surface area contributed by atoms with Crippen molar-refractivity contribution < 1.29 is 9.90 Å². The van der Waals surface area contributed by atoms with E-state index in [-0.39, 0.29) is 11.7 Å². The number of aryl methyl sites for hydroxylation is 1. The van der Waals surface area contributed by atoms with Crippen LogP contribution in [-0.4, -0.2) is 24.1 Å². The molecule has 0 radical (unpaired) electrons. The first-order valence-electron chi connectivity index (χ1n) is 4.43.